The molecule has 6 nitrogen and oxygen atoms in total. The van der Waals surface area contributed by atoms with Gasteiger partial charge in [0.05, 0.1) is 17.5 Å². The maximum Gasteiger partial charge on any atom is 0.224 e. The summed E-state index contributed by atoms with van der Waals surface area (Å²) in [4.78, 5) is 32.1. The molecule has 1 aliphatic rings. The van der Waals surface area contributed by atoms with Gasteiger partial charge in [-0.2, -0.15) is 0 Å². The second-order valence-corrected chi connectivity index (χ2v) is 9.27. The molecular weight excluding hydrogens is 424 g/mol. The van der Waals surface area contributed by atoms with E-state index in [1.807, 2.05) is 54.3 Å². The van der Waals surface area contributed by atoms with Crippen LogP contribution in [0.15, 0.2) is 48.5 Å². The Balaban J connectivity index is 1.33. The van der Waals surface area contributed by atoms with Crippen molar-refractivity contribution in [1.82, 2.24) is 19.8 Å². The van der Waals surface area contributed by atoms with Gasteiger partial charge in [-0.05, 0) is 49.4 Å². The van der Waals surface area contributed by atoms with E-state index < -0.39 is 0 Å². The fraction of sp³-hybridized carbons (Fsp3) is 0.464. The summed E-state index contributed by atoms with van der Waals surface area (Å²) in [6.45, 7) is 5.06. The molecule has 0 aliphatic carbocycles. The van der Waals surface area contributed by atoms with Crippen LogP contribution in [0.4, 0.5) is 0 Å². The van der Waals surface area contributed by atoms with Gasteiger partial charge in [0, 0.05) is 39.0 Å². The molecule has 4 rings (SSSR count). The molecule has 1 aromatic heterocycles. The number of amides is 2. The van der Waals surface area contributed by atoms with Crippen LogP contribution in [0.5, 0.6) is 0 Å². The fourth-order valence-electron chi connectivity index (χ4n) is 4.77. The van der Waals surface area contributed by atoms with E-state index in [9.17, 15) is 9.59 Å². The van der Waals surface area contributed by atoms with Crippen molar-refractivity contribution < 1.29 is 9.59 Å². The number of para-hydroxylation sites is 2. The van der Waals surface area contributed by atoms with Crippen LogP contribution in [0.2, 0.25) is 0 Å². The number of imidazole rings is 1. The molecule has 0 unspecified atom stereocenters. The number of hydrogen-bond donors (Lipinski definition) is 1. The SMILES string of the molecule is Cc1ccccc1CC(=O)NCCCc1nc2ccccc2n1CCC(=O)N1CCCCCC1. The maximum atomic E-state index is 12.8. The predicted molar refractivity (Wildman–Crippen MR) is 136 cm³/mol. The molecule has 6 heteroatoms. The Morgan fingerprint density at radius 1 is 0.971 bits per heavy atom. The summed E-state index contributed by atoms with van der Waals surface area (Å²) in [5.74, 6) is 1.28. The summed E-state index contributed by atoms with van der Waals surface area (Å²) in [5.41, 5.74) is 4.24. The Morgan fingerprint density at radius 3 is 2.50 bits per heavy atom. The average Bonchev–Trinajstić information content (AvgIpc) is 2.99. The number of nitrogens with one attached hydrogen (secondary N) is 1. The number of carbonyl (C=O) groups excluding carboxylic acids is 2. The number of aromatic nitrogens is 2. The van der Waals surface area contributed by atoms with Gasteiger partial charge in [-0.15, -0.1) is 0 Å². The van der Waals surface area contributed by atoms with E-state index in [0.717, 1.165) is 66.8 Å². The molecule has 1 saturated heterocycles. The number of benzene rings is 2. The number of rotatable bonds is 9. The van der Waals surface area contributed by atoms with E-state index in [4.69, 9.17) is 4.98 Å². The number of likely N-dealkylation sites (tertiary alicyclic amines) is 1. The third-order valence-corrected chi connectivity index (χ3v) is 6.75. The average molecular weight is 461 g/mol. The first-order chi connectivity index (χ1) is 16.6. The molecule has 0 spiro atoms. The van der Waals surface area contributed by atoms with Gasteiger partial charge in [-0.3, -0.25) is 9.59 Å². The zero-order valence-corrected chi connectivity index (χ0v) is 20.3. The first kappa shape index (κ1) is 24.0. The van der Waals surface area contributed by atoms with Crippen molar-refractivity contribution in [2.24, 2.45) is 0 Å². The van der Waals surface area contributed by atoms with Crippen LogP contribution in [0, 0.1) is 6.92 Å². The highest BCUT2D eigenvalue weighted by Gasteiger charge is 2.17. The van der Waals surface area contributed by atoms with Gasteiger partial charge in [-0.25, -0.2) is 4.98 Å². The highest BCUT2D eigenvalue weighted by molar-refractivity contribution is 5.79. The molecule has 34 heavy (non-hydrogen) atoms. The Morgan fingerprint density at radius 2 is 1.71 bits per heavy atom. The maximum absolute atomic E-state index is 12.8. The molecule has 1 aliphatic heterocycles. The van der Waals surface area contributed by atoms with Crippen molar-refractivity contribution in [1.29, 1.82) is 0 Å². The molecule has 2 heterocycles. The van der Waals surface area contributed by atoms with Crippen LogP contribution in [-0.4, -0.2) is 45.9 Å². The summed E-state index contributed by atoms with van der Waals surface area (Å²) >= 11 is 0. The smallest absolute Gasteiger partial charge is 0.224 e. The number of hydrogen-bond acceptors (Lipinski definition) is 3. The summed E-state index contributed by atoms with van der Waals surface area (Å²) in [7, 11) is 0. The van der Waals surface area contributed by atoms with E-state index in [2.05, 4.69) is 16.0 Å². The van der Waals surface area contributed by atoms with Crippen LogP contribution in [0.25, 0.3) is 11.0 Å². The first-order valence-corrected chi connectivity index (χ1v) is 12.6. The number of nitrogens with zero attached hydrogens (tertiary/aromatic N) is 3. The normalized spacial score (nSPS) is 14.2. The lowest BCUT2D eigenvalue weighted by Gasteiger charge is -2.20. The van der Waals surface area contributed by atoms with Gasteiger partial charge in [0.15, 0.2) is 0 Å². The van der Waals surface area contributed by atoms with Crippen molar-refractivity contribution in [2.45, 2.75) is 64.8 Å². The van der Waals surface area contributed by atoms with Crippen LogP contribution in [0.1, 0.15) is 55.5 Å². The Labute approximate surface area is 202 Å². The minimum atomic E-state index is 0.0471. The fourth-order valence-corrected chi connectivity index (χ4v) is 4.77. The molecule has 0 bridgehead atoms. The van der Waals surface area contributed by atoms with Crippen molar-refractivity contribution in [3.05, 3.63) is 65.5 Å². The minimum absolute atomic E-state index is 0.0471. The van der Waals surface area contributed by atoms with Crippen LogP contribution < -0.4 is 5.32 Å². The number of fused-ring (bicyclic) bond motifs is 1. The van der Waals surface area contributed by atoms with Crippen LogP contribution >= 0.6 is 0 Å². The summed E-state index contributed by atoms with van der Waals surface area (Å²) < 4.78 is 2.19. The highest BCUT2D eigenvalue weighted by atomic mass is 16.2. The second-order valence-electron chi connectivity index (χ2n) is 9.27. The van der Waals surface area contributed by atoms with Crippen molar-refractivity contribution in [3.8, 4) is 0 Å². The molecule has 1 fully saturated rings. The lowest BCUT2D eigenvalue weighted by molar-refractivity contribution is -0.131. The standard InChI is InChI=1S/C28H36N4O2/c1-22-11-4-5-12-23(22)21-27(33)29-17-10-15-26-30-24-13-6-7-14-25(24)32(26)20-16-28(34)31-18-8-2-3-9-19-31/h4-7,11-14H,2-3,8-10,15-21H2,1H3,(H,29,33). The molecule has 0 radical (unpaired) electrons. The monoisotopic (exact) mass is 460 g/mol. The Hall–Kier alpha value is -3.15. The predicted octanol–water partition coefficient (Wildman–Crippen LogP) is 4.43. The van der Waals surface area contributed by atoms with Gasteiger partial charge in [0.25, 0.3) is 0 Å². The second kappa shape index (κ2) is 11.8. The first-order valence-electron chi connectivity index (χ1n) is 12.6. The van der Waals surface area contributed by atoms with Gasteiger partial charge in [-0.1, -0.05) is 49.2 Å². The summed E-state index contributed by atoms with van der Waals surface area (Å²) in [6.07, 6.45) is 7.15. The van der Waals surface area contributed by atoms with Gasteiger partial charge in [0.2, 0.25) is 11.8 Å². The number of carbonyl (C=O) groups is 2. The van der Waals surface area contributed by atoms with Crippen molar-refractivity contribution in [2.75, 3.05) is 19.6 Å². The topological polar surface area (TPSA) is 67.2 Å². The number of aryl methyl sites for hydroxylation is 3. The molecule has 0 atom stereocenters. The molecule has 180 valence electrons. The molecule has 2 aromatic carbocycles. The van der Waals surface area contributed by atoms with Crippen molar-refractivity contribution >= 4 is 22.8 Å². The van der Waals surface area contributed by atoms with E-state index in [1.54, 1.807) is 0 Å². The van der Waals surface area contributed by atoms with Gasteiger partial charge in [0.1, 0.15) is 5.82 Å². The van der Waals surface area contributed by atoms with Gasteiger partial charge >= 0.3 is 0 Å². The minimum Gasteiger partial charge on any atom is -0.356 e. The lowest BCUT2D eigenvalue weighted by atomic mass is 10.1. The molecule has 1 N–H and O–H groups in total. The van der Waals surface area contributed by atoms with E-state index in [1.165, 1.54) is 12.8 Å². The van der Waals surface area contributed by atoms with Crippen molar-refractivity contribution in [3.63, 3.8) is 0 Å². The lowest BCUT2D eigenvalue weighted by Crippen LogP contribution is -2.32. The highest BCUT2D eigenvalue weighted by Crippen LogP contribution is 2.19. The van der Waals surface area contributed by atoms with E-state index >= 15 is 0 Å². The quantitative estimate of drug-likeness (QED) is 0.481. The molecule has 3 aromatic rings. The molecule has 0 saturated carbocycles. The van der Waals surface area contributed by atoms with Gasteiger partial charge < -0.3 is 14.8 Å². The third-order valence-electron chi connectivity index (χ3n) is 6.75. The Bertz CT molecular complexity index is 1110. The third kappa shape index (κ3) is 6.25. The molecule has 2 amide bonds. The largest absolute Gasteiger partial charge is 0.356 e. The summed E-state index contributed by atoms with van der Waals surface area (Å²) in [5, 5.41) is 3.04. The Kier molecular flexibility index (Phi) is 8.34. The van der Waals surface area contributed by atoms with E-state index in [-0.39, 0.29) is 11.8 Å². The summed E-state index contributed by atoms with van der Waals surface area (Å²) in [6, 6.07) is 16.1. The van der Waals surface area contributed by atoms with E-state index in [0.29, 0.717) is 25.9 Å². The van der Waals surface area contributed by atoms with Crippen LogP contribution in [0.3, 0.4) is 0 Å². The van der Waals surface area contributed by atoms with Crippen LogP contribution in [-0.2, 0) is 29.0 Å². The zero-order chi connectivity index (χ0) is 23.8. The zero-order valence-electron chi connectivity index (χ0n) is 20.3. The molecular formula is C28H36N4O2.